The van der Waals surface area contributed by atoms with E-state index in [1.807, 2.05) is 11.8 Å². The normalized spacial score (nSPS) is 20.4. The summed E-state index contributed by atoms with van der Waals surface area (Å²) >= 11 is 2.00. The maximum absolute atomic E-state index is 13.2. The lowest BCUT2D eigenvalue weighted by molar-refractivity contribution is -0.125. The summed E-state index contributed by atoms with van der Waals surface area (Å²) in [6.45, 7) is 3.34. The van der Waals surface area contributed by atoms with Crippen LogP contribution in [-0.2, 0) is 19.6 Å². The highest BCUT2D eigenvalue weighted by Gasteiger charge is 2.32. The van der Waals surface area contributed by atoms with E-state index < -0.39 is 10.0 Å². The molecule has 4 rings (SSSR count). The van der Waals surface area contributed by atoms with Gasteiger partial charge in [0.1, 0.15) is 12.3 Å². The van der Waals surface area contributed by atoms with Crippen molar-refractivity contribution in [1.82, 2.24) is 9.62 Å². The van der Waals surface area contributed by atoms with Crippen LogP contribution in [0.3, 0.4) is 0 Å². The van der Waals surface area contributed by atoms with Crippen molar-refractivity contribution in [3.05, 3.63) is 18.2 Å². The van der Waals surface area contributed by atoms with Gasteiger partial charge in [-0.1, -0.05) is 26.2 Å². The first-order valence-electron chi connectivity index (χ1n) is 12.8. The molecule has 0 bridgehead atoms. The van der Waals surface area contributed by atoms with Crippen molar-refractivity contribution in [3.63, 3.8) is 0 Å². The fraction of sp³-hybridized carbons (Fsp3) is 0.680. The molecule has 0 unspecified atom stereocenters. The SMILES string of the molecule is CC1CCN(S(=O)(=O)c2ccc3c(c2)N(CC(=O)NCCCSC2CCCCC2)C(=O)CO3)CC1. The summed E-state index contributed by atoms with van der Waals surface area (Å²) in [4.78, 5) is 26.7. The molecule has 2 fully saturated rings. The van der Waals surface area contributed by atoms with Crippen molar-refractivity contribution in [2.75, 3.05) is 43.4 Å². The van der Waals surface area contributed by atoms with Gasteiger partial charge >= 0.3 is 0 Å². The first-order chi connectivity index (χ1) is 16.8. The van der Waals surface area contributed by atoms with Crippen molar-refractivity contribution in [1.29, 1.82) is 0 Å². The van der Waals surface area contributed by atoms with Crippen LogP contribution in [0.4, 0.5) is 5.69 Å². The molecule has 3 aliphatic rings. The summed E-state index contributed by atoms with van der Waals surface area (Å²) in [5.74, 6) is 1.32. The zero-order valence-electron chi connectivity index (χ0n) is 20.5. The Morgan fingerprint density at radius 1 is 1.14 bits per heavy atom. The van der Waals surface area contributed by atoms with Gasteiger partial charge in [-0.2, -0.15) is 16.1 Å². The highest BCUT2D eigenvalue weighted by molar-refractivity contribution is 7.99. The Morgan fingerprint density at radius 2 is 1.89 bits per heavy atom. The summed E-state index contributed by atoms with van der Waals surface area (Å²) in [5.41, 5.74) is 0.329. The molecule has 1 aromatic rings. The standard InChI is InChI=1S/C25H37N3O5S2/c1-19-10-13-27(14-11-19)35(31,32)21-8-9-23-22(16-21)28(25(30)18-33-23)17-24(29)26-12-5-15-34-20-6-3-2-4-7-20/h8-9,16,19-20H,2-7,10-15,17-18H2,1H3,(H,26,29). The Morgan fingerprint density at radius 3 is 2.63 bits per heavy atom. The molecular formula is C25H37N3O5S2. The Bertz CT molecular complexity index is 1000. The van der Waals surface area contributed by atoms with E-state index in [-0.39, 0.29) is 29.9 Å². The Balaban J connectivity index is 1.35. The summed E-state index contributed by atoms with van der Waals surface area (Å²) in [5, 5.41) is 3.66. The van der Waals surface area contributed by atoms with Crippen molar-refractivity contribution in [2.45, 2.75) is 68.4 Å². The van der Waals surface area contributed by atoms with E-state index in [2.05, 4.69) is 12.2 Å². The lowest BCUT2D eigenvalue weighted by Crippen LogP contribution is -2.45. The highest BCUT2D eigenvalue weighted by atomic mass is 32.2. The molecule has 2 amide bonds. The van der Waals surface area contributed by atoms with Crippen LogP contribution in [0.5, 0.6) is 5.75 Å². The molecule has 1 saturated carbocycles. The minimum absolute atomic E-state index is 0.120. The van der Waals surface area contributed by atoms with E-state index in [1.165, 1.54) is 53.4 Å². The van der Waals surface area contributed by atoms with Crippen LogP contribution in [0.15, 0.2) is 23.1 Å². The second kappa shape index (κ2) is 12.0. The first kappa shape index (κ1) is 26.3. The number of thioether (sulfide) groups is 1. The zero-order valence-corrected chi connectivity index (χ0v) is 22.2. The molecule has 1 aliphatic carbocycles. The summed E-state index contributed by atoms with van der Waals surface area (Å²) in [7, 11) is -3.68. The van der Waals surface area contributed by atoms with Crippen molar-refractivity contribution < 1.29 is 22.7 Å². The number of rotatable bonds is 9. The molecule has 0 spiro atoms. The third kappa shape index (κ3) is 6.71. The zero-order chi connectivity index (χ0) is 24.8. The largest absolute Gasteiger partial charge is 0.482 e. The minimum atomic E-state index is -3.68. The summed E-state index contributed by atoms with van der Waals surface area (Å²) in [6, 6.07) is 4.56. The van der Waals surface area contributed by atoms with Crippen molar-refractivity contribution in [2.24, 2.45) is 5.92 Å². The molecule has 8 nitrogen and oxygen atoms in total. The third-order valence-electron chi connectivity index (χ3n) is 7.10. The number of anilines is 1. The van der Waals surface area contributed by atoms with Crippen molar-refractivity contribution in [3.8, 4) is 5.75 Å². The fourth-order valence-electron chi connectivity index (χ4n) is 4.87. The fourth-order valence-corrected chi connectivity index (χ4v) is 7.67. The van der Waals surface area contributed by atoms with Crippen LogP contribution in [0.1, 0.15) is 58.3 Å². The van der Waals surface area contributed by atoms with Crippen LogP contribution < -0.4 is 15.0 Å². The number of hydrogen-bond donors (Lipinski definition) is 1. The number of nitrogens with one attached hydrogen (secondary N) is 1. The Kier molecular flexibility index (Phi) is 8.99. The number of benzene rings is 1. The van der Waals surface area contributed by atoms with Crippen LogP contribution in [0, 0.1) is 5.92 Å². The molecule has 10 heteroatoms. The van der Waals surface area contributed by atoms with Gasteiger partial charge in [-0.15, -0.1) is 0 Å². The maximum atomic E-state index is 13.2. The molecule has 35 heavy (non-hydrogen) atoms. The van der Waals surface area contributed by atoms with Crippen LogP contribution >= 0.6 is 11.8 Å². The predicted molar refractivity (Wildman–Crippen MR) is 138 cm³/mol. The number of ether oxygens (including phenoxy) is 1. The molecule has 1 aromatic carbocycles. The summed E-state index contributed by atoms with van der Waals surface area (Å²) < 4.78 is 33.4. The van der Waals surface area contributed by atoms with E-state index in [9.17, 15) is 18.0 Å². The lowest BCUT2D eigenvalue weighted by atomic mass is 10.0. The van der Waals surface area contributed by atoms with E-state index in [1.54, 1.807) is 6.07 Å². The monoisotopic (exact) mass is 523 g/mol. The highest BCUT2D eigenvalue weighted by Crippen LogP contribution is 2.35. The van der Waals surface area contributed by atoms with Crippen LogP contribution in [-0.4, -0.2) is 68.3 Å². The second-order valence-corrected chi connectivity index (χ2v) is 13.2. The smallest absolute Gasteiger partial charge is 0.265 e. The van der Waals surface area contributed by atoms with Gasteiger partial charge in [0.2, 0.25) is 15.9 Å². The number of hydrogen-bond acceptors (Lipinski definition) is 6. The molecular weight excluding hydrogens is 486 g/mol. The molecule has 1 N–H and O–H groups in total. The molecule has 0 radical (unpaired) electrons. The van der Waals surface area contributed by atoms with E-state index in [0.29, 0.717) is 37.0 Å². The molecule has 0 aromatic heterocycles. The van der Waals surface area contributed by atoms with Gasteiger partial charge in [0.25, 0.3) is 5.91 Å². The van der Waals surface area contributed by atoms with Gasteiger partial charge in [-0.3, -0.25) is 14.5 Å². The lowest BCUT2D eigenvalue weighted by Gasteiger charge is -2.31. The average molecular weight is 524 g/mol. The number of piperidine rings is 1. The van der Waals surface area contributed by atoms with E-state index >= 15 is 0 Å². The third-order valence-corrected chi connectivity index (χ3v) is 10.5. The van der Waals surface area contributed by atoms with Crippen molar-refractivity contribution >= 4 is 39.3 Å². The van der Waals surface area contributed by atoms with Gasteiger partial charge in [0, 0.05) is 24.9 Å². The van der Waals surface area contributed by atoms with Crippen LogP contribution in [0.2, 0.25) is 0 Å². The molecule has 2 heterocycles. The maximum Gasteiger partial charge on any atom is 0.265 e. The van der Waals surface area contributed by atoms with Crippen LogP contribution in [0.25, 0.3) is 0 Å². The molecule has 2 aliphatic heterocycles. The van der Waals surface area contributed by atoms with Gasteiger partial charge in [0.05, 0.1) is 10.6 Å². The summed E-state index contributed by atoms with van der Waals surface area (Å²) in [6.07, 6.45) is 9.13. The van der Waals surface area contributed by atoms with Gasteiger partial charge < -0.3 is 10.1 Å². The number of nitrogens with zero attached hydrogens (tertiary/aromatic N) is 2. The van der Waals surface area contributed by atoms with Gasteiger partial charge in [-0.25, -0.2) is 8.42 Å². The van der Waals surface area contributed by atoms with Gasteiger partial charge in [0.15, 0.2) is 6.61 Å². The molecule has 1 saturated heterocycles. The predicted octanol–water partition coefficient (Wildman–Crippen LogP) is 3.40. The topological polar surface area (TPSA) is 96.0 Å². The Hall–Kier alpha value is -1.78. The van der Waals surface area contributed by atoms with Gasteiger partial charge in [-0.05, 0) is 62.0 Å². The number of carbonyl (C=O) groups is 2. The quantitative estimate of drug-likeness (QED) is 0.499. The number of amides is 2. The molecule has 194 valence electrons. The number of carbonyl (C=O) groups excluding carboxylic acids is 2. The number of sulfonamides is 1. The average Bonchev–Trinajstić information content (AvgIpc) is 2.86. The number of fused-ring (bicyclic) bond motifs is 1. The Labute approximate surface area is 213 Å². The second-order valence-electron chi connectivity index (χ2n) is 9.82. The molecule has 0 atom stereocenters. The van der Waals surface area contributed by atoms with E-state index in [0.717, 1.165) is 30.3 Å². The minimum Gasteiger partial charge on any atom is -0.482 e. The first-order valence-corrected chi connectivity index (χ1v) is 15.3. The van der Waals surface area contributed by atoms with E-state index in [4.69, 9.17) is 4.74 Å².